The van der Waals surface area contributed by atoms with E-state index in [-0.39, 0.29) is 5.91 Å². The van der Waals surface area contributed by atoms with Crippen LogP contribution in [0.3, 0.4) is 0 Å². The zero-order chi connectivity index (χ0) is 12.7. The molecule has 0 aromatic heterocycles. The lowest BCUT2D eigenvalue weighted by Gasteiger charge is -2.08. The van der Waals surface area contributed by atoms with Crippen molar-refractivity contribution in [3.05, 3.63) is 40.9 Å². The first-order chi connectivity index (χ1) is 8.13. The molecule has 3 nitrogen and oxygen atoms in total. The fraction of sp³-hybridized carbons (Fsp3) is 0.250. The summed E-state index contributed by atoms with van der Waals surface area (Å²) in [7, 11) is 0. The summed E-state index contributed by atoms with van der Waals surface area (Å²) in [6.45, 7) is 4.52. The van der Waals surface area contributed by atoms with Gasteiger partial charge in [0.15, 0.2) is 0 Å². The third-order valence-corrected chi connectivity index (χ3v) is 2.59. The highest BCUT2D eigenvalue weighted by molar-refractivity contribution is 6.36. The molecule has 0 atom stereocenters. The number of anilines is 1. The van der Waals surface area contributed by atoms with Crippen molar-refractivity contribution in [2.45, 2.75) is 6.42 Å². The summed E-state index contributed by atoms with van der Waals surface area (Å²) >= 11 is 11.7. The standard InChI is InChI=1S/C12H14Cl2N2O/c1-2-6-16-12(17)5-7-15-11-4-3-9(13)8-10(11)14/h2-4,8,15H,1,5-7H2,(H,16,17). The van der Waals surface area contributed by atoms with E-state index in [2.05, 4.69) is 17.2 Å². The van der Waals surface area contributed by atoms with Crippen LogP contribution in [0.1, 0.15) is 6.42 Å². The van der Waals surface area contributed by atoms with Gasteiger partial charge in [-0.25, -0.2) is 0 Å². The number of rotatable bonds is 6. The minimum atomic E-state index is -0.0255. The smallest absolute Gasteiger partial charge is 0.222 e. The van der Waals surface area contributed by atoms with Gasteiger partial charge in [-0.15, -0.1) is 6.58 Å². The molecule has 0 aliphatic carbocycles. The molecule has 0 radical (unpaired) electrons. The van der Waals surface area contributed by atoms with Crippen LogP contribution in [0, 0.1) is 0 Å². The van der Waals surface area contributed by atoms with Gasteiger partial charge in [-0.1, -0.05) is 29.3 Å². The molecule has 0 heterocycles. The largest absolute Gasteiger partial charge is 0.383 e. The normalized spacial score (nSPS) is 9.76. The predicted octanol–water partition coefficient (Wildman–Crippen LogP) is 3.10. The lowest BCUT2D eigenvalue weighted by molar-refractivity contribution is -0.120. The Hall–Kier alpha value is -1.19. The van der Waals surface area contributed by atoms with E-state index in [9.17, 15) is 4.79 Å². The van der Waals surface area contributed by atoms with Gasteiger partial charge in [-0.3, -0.25) is 4.79 Å². The zero-order valence-corrected chi connectivity index (χ0v) is 10.8. The molecule has 1 amide bonds. The maximum absolute atomic E-state index is 11.3. The molecule has 1 aromatic rings. The number of benzene rings is 1. The monoisotopic (exact) mass is 272 g/mol. The SMILES string of the molecule is C=CCNC(=O)CCNc1ccc(Cl)cc1Cl. The molecule has 0 aliphatic heterocycles. The second kappa shape index (κ2) is 7.20. The molecule has 92 valence electrons. The van der Waals surface area contributed by atoms with Crippen LogP contribution in [0.4, 0.5) is 5.69 Å². The number of hydrogen-bond acceptors (Lipinski definition) is 2. The van der Waals surface area contributed by atoms with Crippen LogP contribution < -0.4 is 10.6 Å². The lowest BCUT2D eigenvalue weighted by Crippen LogP contribution is -2.25. The van der Waals surface area contributed by atoms with Gasteiger partial charge < -0.3 is 10.6 Å². The summed E-state index contributed by atoms with van der Waals surface area (Å²) in [6.07, 6.45) is 2.02. The summed E-state index contributed by atoms with van der Waals surface area (Å²) in [6, 6.07) is 5.18. The van der Waals surface area contributed by atoms with E-state index in [1.807, 2.05) is 0 Å². The van der Waals surface area contributed by atoms with Gasteiger partial charge in [0, 0.05) is 24.5 Å². The van der Waals surface area contributed by atoms with Gasteiger partial charge in [-0.2, -0.15) is 0 Å². The van der Waals surface area contributed by atoms with E-state index < -0.39 is 0 Å². The first-order valence-corrected chi connectivity index (χ1v) is 5.95. The Balaban J connectivity index is 2.35. The minimum Gasteiger partial charge on any atom is -0.383 e. The molecule has 5 heteroatoms. The van der Waals surface area contributed by atoms with Gasteiger partial charge in [0.2, 0.25) is 5.91 Å². The van der Waals surface area contributed by atoms with Crippen LogP contribution in [0.25, 0.3) is 0 Å². The summed E-state index contributed by atoms with van der Waals surface area (Å²) in [5.41, 5.74) is 0.771. The molecule has 1 aromatic carbocycles. The number of halogens is 2. The fourth-order valence-electron chi connectivity index (χ4n) is 1.22. The van der Waals surface area contributed by atoms with Gasteiger partial charge in [0.05, 0.1) is 10.7 Å². The number of amides is 1. The number of hydrogen-bond donors (Lipinski definition) is 2. The number of carbonyl (C=O) groups is 1. The van der Waals surface area contributed by atoms with Crippen LogP contribution in [-0.2, 0) is 4.79 Å². The number of carbonyl (C=O) groups excluding carboxylic acids is 1. The highest BCUT2D eigenvalue weighted by Crippen LogP contribution is 2.25. The Kier molecular flexibility index (Phi) is 5.87. The zero-order valence-electron chi connectivity index (χ0n) is 9.30. The van der Waals surface area contributed by atoms with E-state index in [1.165, 1.54) is 0 Å². The van der Waals surface area contributed by atoms with Crippen molar-refractivity contribution in [3.8, 4) is 0 Å². The Morgan fingerprint density at radius 1 is 1.41 bits per heavy atom. The Bertz CT molecular complexity index is 407. The Labute approximate surface area is 111 Å². The highest BCUT2D eigenvalue weighted by Gasteiger charge is 2.02. The summed E-state index contributed by atoms with van der Waals surface area (Å²) in [5.74, 6) is -0.0255. The summed E-state index contributed by atoms with van der Waals surface area (Å²) < 4.78 is 0. The summed E-state index contributed by atoms with van der Waals surface area (Å²) in [5, 5.41) is 6.89. The molecule has 0 fully saturated rings. The van der Waals surface area contributed by atoms with E-state index in [0.29, 0.717) is 29.6 Å². The lowest BCUT2D eigenvalue weighted by atomic mass is 10.3. The average molecular weight is 273 g/mol. The Morgan fingerprint density at radius 2 is 2.18 bits per heavy atom. The summed E-state index contributed by atoms with van der Waals surface area (Å²) in [4.78, 5) is 11.3. The van der Waals surface area contributed by atoms with Crippen LogP contribution in [-0.4, -0.2) is 19.0 Å². The van der Waals surface area contributed by atoms with E-state index in [4.69, 9.17) is 23.2 Å². The first-order valence-electron chi connectivity index (χ1n) is 5.20. The van der Waals surface area contributed by atoms with E-state index in [1.54, 1.807) is 24.3 Å². The Morgan fingerprint density at radius 3 is 2.82 bits per heavy atom. The van der Waals surface area contributed by atoms with Crippen molar-refractivity contribution in [2.24, 2.45) is 0 Å². The van der Waals surface area contributed by atoms with Crippen LogP contribution in [0.5, 0.6) is 0 Å². The molecule has 0 saturated heterocycles. The molecule has 2 N–H and O–H groups in total. The van der Waals surface area contributed by atoms with Crippen molar-refractivity contribution in [1.82, 2.24) is 5.32 Å². The molecule has 0 saturated carbocycles. The van der Waals surface area contributed by atoms with Crippen LogP contribution in [0.15, 0.2) is 30.9 Å². The average Bonchev–Trinajstić information content (AvgIpc) is 2.29. The molecular weight excluding hydrogens is 259 g/mol. The second-order valence-electron chi connectivity index (χ2n) is 3.39. The fourth-order valence-corrected chi connectivity index (χ4v) is 1.69. The number of nitrogens with one attached hydrogen (secondary N) is 2. The van der Waals surface area contributed by atoms with Gasteiger partial charge in [0.1, 0.15) is 0 Å². The third kappa shape index (κ3) is 5.11. The molecule has 0 unspecified atom stereocenters. The topological polar surface area (TPSA) is 41.1 Å². The second-order valence-corrected chi connectivity index (χ2v) is 4.24. The van der Waals surface area contributed by atoms with Crippen molar-refractivity contribution in [3.63, 3.8) is 0 Å². The van der Waals surface area contributed by atoms with Crippen LogP contribution in [0.2, 0.25) is 10.0 Å². The van der Waals surface area contributed by atoms with Crippen LogP contribution >= 0.6 is 23.2 Å². The molecule has 17 heavy (non-hydrogen) atoms. The molecule has 0 spiro atoms. The van der Waals surface area contributed by atoms with E-state index >= 15 is 0 Å². The highest BCUT2D eigenvalue weighted by atomic mass is 35.5. The van der Waals surface area contributed by atoms with Gasteiger partial charge >= 0.3 is 0 Å². The van der Waals surface area contributed by atoms with Crippen molar-refractivity contribution in [2.75, 3.05) is 18.4 Å². The van der Waals surface area contributed by atoms with Crippen molar-refractivity contribution >= 4 is 34.8 Å². The third-order valence-electron chi connectivity index (χ3n) is 2.04. The maximum atomic E-state index is 11.3. The van der Waals surface area contributed by atoms with E-state index in [0.717, 1.165) is 5.69 Å². The molecule has 1 rings (SSSR count). The van der Waals surface area contributed by atoms with Crippen molar-refractivity contribution in [1.29, 1.82) is 0 Å². The molecule has 0 bridgehead atoms. The minimum absolute atomic E-state index is 0.0255. The van der Waals surface area contributed by atoms with Gasteiger partial charge in [-0.05, 0) is 18.2 Å². The van der Waals surface area contributed by atoms with Gasteiger partial charge in [0.25, 0.3) is 0 Å². The molecular formula is C12H14Cl2N2O. The maximum Gasteiger partial charge on any atom is 0.222 e. The van der Waals surface area contributed by atoms with Crippen molar-refractivity contribution < 1.29 is 4.79 Å². The predicted molar refractivity (Wildman–Crippen MR) is 72.8 cm³/mol. The molecule has 0 aliphatic rings. The first kappa shape index (κ1) is 13.9. The quantitative estimate of drug-likeness (QED) is 0.782.